The molecule has 2 unspecified atom stereocenters. The van der Waals surface area contributed by atoms with Gasteiger partial charge in [0.15, 0.2) is 0 Å². The molecule has 144 valence electrons. The summed E-state index contributed by atoms with van der Waals surface area (Å²) >= 11 is 0. The zero-order chi connectivity index (χ0) is 17.9. The molecule has 0 heterocycles. The van der Waals surface area contributed by atoms with Gasteiger partial charge in [-0.05, 0) is 31.6 Å². The van der Waals surface area contributed by atoms with Crippen molar-refractivity contribution in [2.45, 2.75) is 110 Å². The van der Waals surface area contributed by atoms with Gasteiger partial charge in [-0.25, -0.2) is 0 Å². The summed E-state index contributed by atoms with van der Waals surface area (Å²) in [5.74, 6) is 2.52. The first kappa shape index (κ1) is 23.8. The molecule has 0 rings (SSSR count). The van der Waals surface area contributed by atoms with E-state index in [4.69, 9.17) is 0 Å². The molecule has 0 saturated carbocycles. The fourth-order valence-corrected chi connectivity index (χ4v) is 4.76. The van der Waals surface area contributed by atoms with E-state index in [1.807, 2.05) is 0 Å². The largest absolute Gasteiger partial charge is 0.303 e. The van der Waals surface area contributed by atoms with Crippen LogP contribution in [0.2, 0.25) is 0 Å². The minimum Gasteiger partial charge on any atom is -0.303 e. The standard InChI is InChI=1S/C21H42O2S/c1-3-5-7-13-17-21(16-6-4-2)20-24(23)19-15-12-10-8-9-11-14-18-22/h18,21H,3-17,19-20H2,1-2H3. The molecule has 0 aromatic carbocycles. The highest BCUT2D eigenvalue weighted by Gasteiger charge is 2.12. The summed E-state index contributed by atoms with van der Waals surface area (Å²) in [5, 5.41) is 0. The van der Waals surface area contributed by atoms with Gasteiger partial charge in [-0.15, -0.1) is 0 Å². The molecule has 0 saturated heterocycles. The van der Waals surface area contributed by atoms with Gasteiger partial charge < -0.3 is 4.79 Å². The maximum atomic E-state index is 12.4. The molecular formula is C21H42O2S. The van der Waals surface area contributed by atoms with Crippen molar-refractivity contribution in [2.75, 3.05) is 11.5 Å². The molecule has 24 heavy (non-hydrogen) atoms. The summed E-state index contributed by atoms with van der Waals surface area (Å²) in [7, 11) is -0.617. The van der Waals surface area contributed by atoms with Crippen LogP contribution in [0, 0.1) is 5.92 Å². The molecule has 0 aromatic heterocycles. The van der Waals surface area contributed by atoms with E-state index in [9.17, 15) is 9.00 Å². The highest BCUT2D eigenvalue weighted by Crippen LogP contribution is 2.19. The van der Waals surface area contributed by atoms with Crippen LogP contribution in [0.5, 0.6) is 0 Å². The van der Waals surface area contributed by atoms with Gasteiger partial charge in [0.1, 0.15) is 6.29 Å². The number of unbranched alkanes of at least 4 members (excludes halogenated alkanes) is 10. The number of rotatable bonds is 19. The van der Waals surface area contributed by atoms with Crippen molar-refractivity contribution in [3.63, 3.8) is 0 Å². The first-order valence-electron chi connectivity index (χ1n) is 10.5. The fraction of sp³-hybridized carbons (Fsp3) is 0.952. The summed E-state index contributed by atoms with van der Waals surface area (Å²) in [4.78, 5) is 10.2. The Morgan fingerprint density at radius 1 is 0.750 bits per heavy atom. The molecule has 0 aliphatic carbocycles. The van der Waals surface area contributed by atoms with E-state index in [0.717, 1.165) is 30.6 Å². The Hall–Kier alpha value is -0.180. The minimum absolute atomic E-state index is 0.617. The van der Waals surface area contributed by atoms with Crippen LogP contribution in [0.3, 0.4) is 0 Å². The van der Waals surface area contributed by atoms with E-state index >= 15 is 0 Å². The average molecular weight is 359 g/mol. The summed E-state index contributed by atoms with van der Waals surface area (Å²) in [6.45, 7) is 4.51. The third-order valence-corrected chi connectivity index (χ3v) is 6.38. The highest BCUT2D eigenvalue weighted by atomic mass is 32.2. The molecule has 0 radical (unpaired) electrons. The van der Waals surface area contributed by atoms with Gasteiger partial charge >= 0.3 is 0 Å². The molecule has 0 fully saturated rings. The van der Waals surface area contributed by atoms with Gasteiger partial charge in [0.05, 0.1) is 0 Å². The number of carbonyl (C=O) groups excluding carboxylic acids is 1. The van der Waals surface area contributed by atoms with Crippen molar-refractivity contribution in [1.82, 2.24) is 0 Å². The van der Waals surface area contributed by atoms with E-state index in [1.54, 1.807) is 0 Å². The lowest BCUT2D eigenvalue weighted by molar-refractivity contribution is -0.107. The number of hydrogen-bond acceptors (Lipinski definition) is 2. The van der Waals surface area contributed by atoms with Gasteiger partial charge in [-0.3, -0.25) is 4.21 Å². The molecule has 2 nitrogen and oxygen atoms in total. The van der Waals surface area contributed by atoms with Gasteiger partial charge in [-0.2, -0.15) is 0 Å². The Kier molecular flexibility index (Phi) is 19.0. The van der Waals surface area contributed by atoms with Crippen LogP contribution in [-0.2, 0) is 15.6 Å². The molecule has 0 aliphatic rings. The van der Waals surface area contributed by atoms with Gasteiger partial charge in [0.2, 0.25) is 0 Å². The van der Waals surface area contributed by atoms with Crippen molar-refractivity contribution in [1.29, 1.82) is 0 Å². The summed E-state index contributed by atoms with van der Waals surface area (Å²) < 4.78 is 12.4. The van der Waals surface area contributed by atoms with Crippen LogP contribution in [0.15, 0.2) is 0 Å². The SMILES string of the molecule is CCCCCCC(CCCC)CS(=O)CCCCCCCCC=O. The molecule has 0 N–H and O–H groups in total. The maximum Gasteiger partial charge on any atom is 0.119 e. The van der Waals surface area contributed by atoms with Crippen LogP contribution in [0.4, 0.5) is 0 Å². The smallest absolute Gasteiger partial charge is 0.119 e. The van der Waals surface area contributed by atoms with Crippen LogP contribution in [0.1, 0.15) is 110 Å². The predicted octanol–water partition coefficient (Wildman–Crippen LogP) is 6.44. The van der Waals surface area contributed by atoms with E-state index in [-0.39, 0.29) is 0 Å². The van der Waals surface area contributed by atoms with Gasteiger partial charge in [0.25, 0.3) is 0 Å². The third-order valence-electron chi connectivity index (χ3n) is 4.80. The van der Waals surface area contributed by atoms with Gasteiger partial charge in [-0.1, -0.05) is 78.1 Å². The highest BCUT2D eigenvalue weighted by molar-refractivity contribution is 7.84. The molecule has 0 aliphatic heterocycles. The Bertz CT molecular complexity index is 292. The lowest BCUT2D eigenvalue weighted by Gasteiger charge is -2.16. The number of hydrogen-bond donors (Lipinski definition) is 0. The van der Waals surface area contributed by atoms with Crippen LogP contribution >= 0.6 is 0 Å². The monoisotopic (exact) mass is 358 g/mol. The van der Waals surface area contributed by atoms with Crippen molar-refractivity contribution in [3.8, 4) is 0 Å². The molecular weight excluding hydrogens is 316 g/mol. The minimum atomic E-state index is -0.617. The normalized spacial score (nSPS) is 13.8. The fourth-order valence-electron chi connectivity index (χ4n) is 3.21. The number of aldehydes is 1. The Balaban J connectivity index is 3.73. The second-order valence-electron chi connectivity index (χ2n) is 7.24. The second-order valence-corrected chi connectivity index (χ2v) is 8.87. The Morgan fingerprint density at radius 2 is 1.33 bits per heavy atom. The molecule has 0 bridgehead atoms. The van der Waals surface area contributed by atoms with Crippen molar-refractivity contribution < 1.29 is 9.00 Å². The second kappa shape index (κ2) is 19.1. The lowest BCUT2D eigenvalue weighted by atomic mass is 9.97. The molecule has 0 amide bonds. The number of carbonyl (C=O) groups is 1. The summed E-state index contributed by atoms with van der Waals surface area (Å²) in [6, 6.07) is 0. The maximum absolute atomic E-state index is 12.4. The van der Waals surface area contributed by atoms with Crippen molar-refractivity contribution in [2.24, 2.45) is 5.92 Å². The van der Waals surface area contributed by atoms with Crippen LogP contribution in [-0.4, -0.2) is 22.0 Å². The van der Waals surface area contributed by atoms with Crippen molar-refractivity contribution in [3.05, 3.63) is 0 Å². The van der Waals surface area contributed by atoms with Gasteiger partial charge in [0, 0.05) is 28.7 Å². The molecule has 0 spiro atoms. The average Bonchev–Trinajstić information content (AvgIpc) is 2.58. The summed E-state index contributed by atoms with van der Waals surface area (Å²) in [5.41, 5.74) is 0. The Morgan fingerprint density at radius 3 is 2.00 bits per heavy atom. The van der Waals surface area contributed by atoms with E-state index in [0.29, 0.717) is 12.3 Å². The zero-order valence-electron chi connectivity index (χ0n) is 16.4. The van der Waals surface area contributed by atoms with Crippen LogP contribution < -0.4 is 0 Å². The van der Waals surface area contributed by atoms with E-state index in [1.165, 1.54) is 77.0 Å². The van der Waals surface area contributed by atoms with E-state index < -0.39 is 10.8 Å². The first-order valence-corrected chi connectivity index (χ1v) is 12.0. The predicted molar refractivity (Wildman–Crippen MR) is 108 cm³/mol. The van der Waals surface area contributed by atoms with Crippen LogP contribution in [0.25, 0.3) is 0 Å². The molecule has 0 aromatic rings. The molecule has 2 atom stereocenters. The quantitative estimate of drug-likeness (QED) is 0.197. The van der Waals surface area contributed by atoms with Crippen molar-refractivity contribution >= 4 is 17.1 Å². The first-order chi connectivity index (χ1) is 11.7. The third kappa shape index (κ3) is 16.7. The Labute approximate surface area is 154 Å². The topological polar surface area (TPSA) is 34.1 Å². The molecule has 3 heteroatoms. The zero-order valence-corrected chi connectivity index (χ0v) is 17.2. The lowest BCUT2D eigenvalue weighted by Crippen LogP contribution is -2.14. The van der Waals surface area contributed by atoms with E-state index in [2.05, 4.69) is 13.8 Å². The summed E-state index contributed by atoms with van der Waals surface area (Å²) in [6.07, 6.45) is 19.1.